The van der Waals surface area contributed by atoms with Gasteiger partial charge in [0, 0.05) is 35.8 Å². The average Bonchev–Trinajstić information content (AvgIpc) is 3.16. The van der Waals surface area contributed by atoms with E-state index in [4.69, 9.17) is 5.73 Å². The highest BCUT2D eigenvalue weighted by molar-refractivity contribution is 5.97. The summed E-state index contributed by atoms with van der Waals surface area (Å²) in [5, 5.41) is 10.4. The Bertz CT molecular complexity index is 1320. The summed E-state index contributed by atoms with van der Waals surface area (Å²) in [6.45, 7) is 3.94. The van der Waals surface area contributed by atoms with Crippen molar-refractivity contribution in [2.24, 2.45) is 5.73 Å². The average molecular weight is 418 g/mol. The summed E-state index contributed by atoms with van der Waals surface area (Å²) in [5.41, 5.74) is 8.92. The number of hydrogen-bond donors (Lipinski definition) is 2. The van der Waals surface area contributed by atoms with Crippen LogP contribution in [0.5, 0.6) is 0 Å². The number of carboxylic acid groups (broad SMARTS) is 1. The molecule has 3 N–H and O–H groups in total. The summed E-state index contributed by atoms with van der Waals surface area (Å²) in [6, 6.07) is 12.7. The van der Waals surface area contributed by atoms with E-state index < -0.39 is 5.97 Å². The zero-order chi connectivity index (χ0) is 22.0. The fourth-order valence-corrected chi connectivity index (χ4v) is 4.06. The van der Waals surface area contributed by atoms with E-state index in [2.05, 4.69) is 16.5 Å². The van der Waals surface area contributed by atoms with E-state index in [0.717, 1.165) is 42.3 Å². The quantitative estimate of drug-likeness (QED) is 0.423. The third-order valence-electron chi connectivity index (χ3n) is 5.66. The van der Waals surface area contributed by atoms with Gasteiger partial charge in [0.15, 0.2) is 0 Å². The molecule has 2 heterocycles. The first-order valence-electron chi connectivity index (χ1n) is 10.6. The lowest BCUT2D eigenvalue weighted by Crippen LogP contribution is -2.24. The normalized spacial score (nSPS) is 11.4. The van der Waals surface area contributed by atoms with Gasteiger partial charge < -0.3 is 20.0 Å². The van der Waals surface area contributed by atoms with Crippen LogP contribution in [0.25, 0.3) is 33.2 Å². The van der Waals surface area contributed by atoms with Gasteiger partial charge in [-0.05, 0) is 50.6 Å². The van der Waals surface area contributed by atoms with Crippen LogP contribution in [0.15, 0.2) is 53.5 Å². The molecule has 0 unspecified atom stereocenters. The molecular formula is C24H26N4O3. The Kier molecular flexibility index (Phi) is 5.86. The number of nitrogens with two attached hydrogens (primary N) is 1. The molecule has 0 bridgehead atoms. The Hall–Kier alpha value is -3.45. The number of aromatic carboxylic acids is 1. The Labute approximate surface area is 179 Å². The number of aromatic nitrogens is 3. The molecule has 0 aliphatic heterocycles. The minimum atomic E-state index is -1.03. The molecule has 31 heavy (non-hydrogen) atoms. The minimum Gasteiger partial charge on any atom is -0.478 e. The van der Waals surface area contributed by atoms with Crippen LogP contribution in [0.2, 0.25) is 0 Å². The number of carbonyl (C=O) groups is 1. The highest BCUT2D eigenvalue weighted by Crippen LogP contribution is 2.29. The van der Waals surface area contributed by atoms with Gasteiger partial charge in [-0.3, -0.25) is 4.79 Å². The van der Waals surface area contributed by atoms with Crippen molar-refractivity contribution in [3.05, 3.63) is 64.6 Å². The van der Waals surface area contributed by atoms with Gasteiger partial charge in [0.1, 0.15) is 5.69 Å². The molecule has 160 valence electrons. The number of fused-ring (bicyclic) bond motifs is 2. The molecule has 0 spiro atoms. The summed E-state index contributed by atoms with van der Waals surface area (Å²) in [4.78, 5) is 29.8. The van der Waals surface area contributed by atoms with Crippen molar-refractivity contribution in [1.82, 2.24) is 14.1 Å². The van der Waals surface area contributed by atoms with E-state index in [-0.39, 0.29) is 11.1 Å². The Morgan fingerprint density at radius 3 is 2.65 bits per heavy atom. The van der Waals surface area contributed by atoms with E-state index in [9.17, 15) is 14.7 Å². The molecular weight excluding hydrogens is 392 g/mol. The van der Waals surface area contributed by atoms with Crippen LogP contribution in [0.3, 0.4) is 0 Å². The summed E-state index contributed by atoms with van der Waals surface area (Å²) >= 11 is 0. The third kappa shape index (κ3) is 3.84. The Morgan fingerprint density at radius 1 is 1.10 bits per heavy atom. The lowest BCUT2D eigenvalue weighted by molar-refractivity contribution is 0.0697. The van der Waals surface area contributed by atoms with Crippen LogP contribution in [0.1, 0.15) is 36.5 Å². The van der Waals surface area contributed by atoms with Crippen molar-refractivity contribution in [1.29, 1.82) is 0 Å². The van der Waals surface area contributed by atoms with E-state index in [0.29, 0.717) is 29.8 Å². The van der Waals surface area contributed by atoms with Crippen molar-refractivity contribution >= 4 is 27.9 Å². The zero-order valence-corrected chi connectivity index (χ0v) is 17.5. The first-order chi connectivity index (χ1) is 15.0. The summed E-state index contributed by atoms with van der Waals surface area (Å²) in [7, 11) is 0. The maximum atomic E-state index is 13.6. The SMILES string of the molecule is CCn1cc(-c2nc3ccc(C(=O)O)cc3n(CCCCCN)c2=O)c2ccccc21. The second-order valence-corrected chi connectivity index (χ2v) is 7.62. The number of rotatable bonds is 8. The van der Waals surface area contributed by atoms with Gasteiger partial charge in [-0.2, -0.15) is 0 Å². The van der Waals surface area contributed by atoms with Crippen LogP contribution in [-0.2, 0) is 13.1 Å². The van der Waals surface area contributed by atoms with Crippen LogP contribution in [-0.4, -0.2) is 31.7 Å². The second kappa shape index (κ2) is 8.73. The molecule has 0 radical (unpaired) electrons. The fraction of sp³-hybridized carbons (Fsp3) is 0.292. The van der Waals surface area contributed by atoms with Gasteiger partial charge in [-0.25, -0.2) is 9.78 Å². The van der Waals surface area contributed by atoms with Gasteiger partial charge in [-0.1, -0.05) is 24.6 Å². The van der Waals surface area contributed by atoms with Crippen molar-refractivity contribution in [2.45, 2.75) is 39.3 Å². The molecule has 4 aromatic rings. The largest absolute Gasteiger partial charge is 0.478 e. The number of benzene rings is 2. The number of nitrogens with zero attached hydrogens (tertiary/aromatic N) is 3. The van der Waals surface area contributed by atoms with E-state index in [1.54, 1.807) is 10.6 Å². The van der Waals surface area contributed by atoms with Gasteiger partial charge in [0.05, 0.1) is 16.6 Å². The molecule has 0 saturated carbocycles. The topological polar surface area (TPSA) is 103 Å². The van der Waals surface area contributed by atoms with Gasteiger partial charge in [0.25, 0.3) is 5.56 Å². The Morgan fingerprint density at radius 2 is 1.90 bits per heavy atom. The van der Waals surface area contributed by atoms with Crippen molar-refractivity contribution < 1.29 is 9.90 Å². The van der Waals surface area contributed by atoms with Gasteiger partial charge in [-0.15, -0.1) is 0 Å². The highest BCUT2D eigenvalue weighted by Gasteiger charge is 2.18. The first kappa shape index (κ1) is 20.8. The maximum absolute atomic E-state index is 13.6. The minimum absolute atomic E-state index is 0.139. The van der Waals surface area contributed by atoms with Gasteiger partial charge in [0.2, 0.25) is 0 Å². The molecule has 4 rings (SSSR count). The van der Waals surface area contributed by atoms with Crippen molar-refractivity contribution in [3.8, 4) is 11.3 Å². The number of para-hydroxylation sites is 1. The molecule has 0 amide bonds. The molecule has 2 aromatic carbocycles. The van der Waals surface area contributed by atoms with Crippen LogP contribution in [0, 0.1) is 0 Å². The molecule has 7 heteroatoms. The molecule has 0 saturated heterocycles. The van der Waals surface area contributed by atoms with Crippen molar-refractivity contribution in [3.63, 3.8) is 0 Å². The zero-order valence-electron chi connectivity index (χ0n) is 17.5. The molecule has 0 aliphatic rings. The standard InChI is InChI=1S/C24H26N4O3/c1-2-27-15-18(17-8-4-5-9-20(17)27)22-23(29)28(13-7-3-6-12-25)21-14-16(24(30)31)10-11-19(21)26-22/h4-5,8-11,14-15H,2-3,6-7,12-13,25H2,1H3,(H,30,31). The first-order valence-corrected chi connectivity index (χ1v) is 10.6. The number of hydrogen-bond acceptors (Lipinski definition) is 4. The summed E-state index contributed by atoms with van der Waals surface area (Å²) in [6.07, 6.45) is 4.54. The molecule has 0 aliphatic carbocycles. The maximum Gasteiger partial charge on any atom is 0.335 e. The third-order valence-corrected chi connectivity index (χ3v) is 5.66. The number of aryl methyl sites for hydroxylation is 2. The number of carboxylic acids is 1. The van der Waals surface area contributed by atoms with Crippen molar-refractivity contribution in [2.75, 3.05) is 6.54 Å². The molecule has 2 aromatic heterocycles. The smallest absolute Gasteiger partial charge is 0.335 e. The lowest BCUT2D eigenvalue weighted by Gasteiger charge is -2.13. The molecule has 0 fully saturated rings. The van der Waals surface area contributed by atoms with E-state index in [1.165, 1.54) is 12.1 Å². The molecule has 0 atom stereocenters. The predicted molar refractivity (Wildman–Crippen MR) is 122 cm³/mol. The Balaban J connectivity index is 1.95. The summed E-state index contributed by atoms with van der Waals surface area (Å²) in [5.74, 6) is -1.03. The van der Waals surface area contributed by atoms with Crippen LogP contribution in [0.4, 0.5) is 0 Å². The van der Waals surface area contributed by atoms with Crippen LogP contribution < -0.4 is 11.3 Å². The number of unbranched alkanes of at least 4 members (excludes halogenated alkanes) is 2. The van der Waals surface area contributed by atoms with Gasteiger partial charge >= 0.3 is 5.97 Å². The monoisotopic (exact) mass is 418 g/mol. The fourth-order valence-electron chi connectivity index (χ4n) is 4.06. The second-order valence-electron chi connectivity index (χ2n) is 7.62. The molecule has 7 nitrogen and oxygen atoms in total. The highest BCUT2D eigenvalue weighted by atomic mass is 16.4. The lowest BCUT2D eigenvalue weighted by atomic mass is 10.1. The van der Waals surface area contributed by atoms with Crippen LogP contribution >= 0.6 is 0 Å². The predicted octanol–water partition coefficient (Wildman–Crippen LogP) is 3.87. The van der Waals surface area contributed by atoms with E-state index in [1.807, 2.05) is 30.5 Å². The van der Waals surface area contributed by atoms with E-state index >= 15 is 0 Å². The summed E-state index contributed by atoms with van der Waals surface area (Å²) < 4.78 is 3.77.